The molecule has 2 aromatic rings. The second-order valence-electron chi connectivity index (χ2n) is 6.51. The van der Waals surface area contributed by atoms with Gasteiger partial charge in [0, 0.05) is 0 Å². The van der Waals surface area contributed by atoms with Crippen LogP contribution in [0.2, 0.25) is 0 Å². The molecule has 0 amide bonds. The summed E-state index contributed by atoms with van der Waals surface area (Å²) in [5.74, 6) is 0. The monoisotopic (exact) mass is 370 g/mol. The molecule has 3 rings (SSSR count). The van der Waals surface area contributed by atoms with Crippen molar-refractivity contribution in [3.8, 4) is 11.1 Å². The summed E-state index contributed by atoms with van der Waals surface area (Å²) in [7, 11) is 0. The maximum atomic E-state index is 13.1. The molecule has 0 radical (unpaired) electrons. The quantitative estimate of drug-likeness (QED) is 0.497. The fourth-order valence-electron chi connectivity index (χ4n) is 3.27. The van der Waals surface area contributed by atoms with Gasteiger partial charge < -0.3 is 0 Å². The van der Waals surface area contributed by atoms with Crippen LogP contribution in [-0.4, -0.2) is 0 Å². The number of alkyl halides is 6. The summed E-state index contributed by atoms with van der Waals surface area (Å²) in [5.41, 5.74) is 1.29. The second kappa shape index (κ2) is 6.18. The summed E-state index contributed by atoms with van der Waals surface area (Å²) in [6.45, 7) is 3.75. The Kier molecular flexibility index (Phi) is 4.41. The lowest BCUT2D eigenvalue weighted by atomic mass is 9.92. The molecule has 0 saturated heterocycles. The van der Waals surface area contributed by atoms with Crippen LogP contribution >= 0.6 is 0 Å². The van der Waals surface area contributed by atoms with E-state index in [1.54, 1.807) is 13.0 Å². The molecule has 1 aliphatic carbocycles. The standard InChI is InChI=1S/C20H16F6/c1-3-12-6-13-4-11(2)5-17(18(13)7-12)14-8-15(19(21,22)23)10-16(9-14)20(24,25)26/h4-5,7-10H,3,6H2,1-2H3. The van der Waals surface area contributed by atoms with Gasteiger partial charge in [-0.05, 0) is 60.2 Å². The molecule has 0 spiro atoms. The summed E-state index contributed by atoms with van der Waals surface area (Å²) in [4.78, 5) is 0. The normalized spacial score (nSPS) is 14.4. The Balaban J connectivity index is 2.27. The molecule has 0 saturated carbocycles. The summed E-state index contributed by atoms with van der Waals surface area (Å²) >= 11 is 0. The molecule has 0 nitrogen and oxygen atoms in total. The zero-order chi connectivity index (χ0) is 19.3. The third-order valence-corrected chi connectivity index (χ3v) is 4.53. The smallest absolute Gasteiger partial charge is 0.166 e. The van der Waals surface area contributed by atoms with E-state index in [2.05, 4.69) is 0 Å². The van der Waals surface area contributed by atoms with Crippen molar-refractivity contribution in [2.75, 3.05) is 0 Å². The predicted octanol–water partition coefficient (Wildman–Crippen LogP) is 7.05. The van der Waals surface area contributed by atoms with Crippen LogP contribution in [0.4, 0.5) is 26.3 Å². The van der Waals surface area contributed by atoms with Crippen LogP contribution in [0.5, 0.6) is 0 Å². The van der Waals surface area contributed by atoms with Gasteiger partial charge in [-0.1, -0.05) is 36.3 Å². The van der Waals surface area contributed by atoms with Gasteiger partial charge in [0.15, 0.2) is 0 Å². The lowest BCUT2D eigenvalue weighted by Gasteiger charge is -2.16. The van der Waals surface area contributed by atoms with E-state index in [4.69, 9.17) is 0 Å². The van der Waals surface area contributed by atoms with E-state index >= 15 is 0 Å². The minimum Gasteiger partial charge on any atom is -0.166 e. The second-order valence-corrected chi connectivity index (χ2v) is 6.51. The molecule has 0 N–H and O–H groups in total. The van der Waals surface area contributed by atoms with Crippen molar-refractivity contribution >= 4 is 6.08 Å². The van der Waals surface area contributed by atoms with Gasteiger partial charge in [-0.15, -0.1) is 0 Å². The number of allylic oxidation sites excluding steroid dienone is 1. The maximum absolute atomic E-state index is 13.1. The van der Waals surface area contributed by atoms with Gasteiger partial charge in [-0.25, -0.2) is 0 Å². The topological polar surface area (TPSA) is 0 Å². The van der Waals surface area contributed by atoms with Crippen LogP contribution in [0.1, 0.15) is 41.2 Å². The lowest BCUT2D eigenvalue weighted by Crippen LogP contribution is -2.11. The highest BCUT2D eigenvalue weighted by atomic mass is 19.4. The number of hydrogen-bond donors (Lipinski definition) is 0. The Bertz CT molecular complexity index is 852. The van der Waals surface area contributed by atoms with Gasteiger partial charge in [0.1, 0.15) is 0 Å². The molecule has 0 atom stereocenters. The number of benzene rings is 2. The first-order chi connectivity index (χ1) is 12.0. The number of aryl methyl sites for hydroxylation is 1. The van der Waals surface area contributed by atoms with Crippen molar-refractivity contribution in [1.82, 2.24) is 0 Å². The summed E-state index contributed by atoms with van der Waals surface area (Å²) in [5, 5.41) is 0. The first-order valence-corrected chi connectivity index (χ1v) is 8.12. The van der Waals surface area contributed by atoms with E-state index < -0.39 is 23.5 Å². The van der Waals surface area contributed by atoms with Crippen molar-refractivity contribution in [2.24, 2.45) is 0 Å². The van der Waals surface area contributed by atoms with Crippen LogP contribution in [0.3, 0.4) is 0 Å². The first-order valence-electron chi connectivity index (χ1n) is 8.12. The summed E-state index contributed by atoms with van der Waals surface area (Å²) in [6.07, 6.45) is -6.38. The molecule has 0 aromatic heterocycles. The minimum absolute atomic E-state index is 0.0688. The van der Waals surface area contributed by atoms with Crippen LogP contribution in [-0.2, 0) is 18.8 Å². The molecule has 138 valence electrons. The number of hydrogen-bond acceptors (Lipinski definition) is 0. The van der Waals surface area contributed by atoms with Crippen molar-refractivity contribution in [1.29, 1.82) is 0 Å². The van der Waals surface area contributed by atoms with Gasteiger partial charge in [-0.2, -0.15) is 26.3 Å². The number of halogens is 6. The third-order valence-electron chi connectivity index (χ3n) is 4.53. The van der Waals surface area contributed by atoms with Crippen LogP contribution in [0.25, 0.3) is 17.2 Å². The maximum Gasteiger partial charge on any atom is 0.416 e. The van der Waals surface area contributed by atoms with Crippen LogP contribution < -0.4 is 0 Å². The van der Waals surface area contributed by atoms with Crippen molar-refractivity contribution in [2.45, 2.75) is 39.0 Å². The van der Waals surface area contributed by atoms with Gasteiger partial charge in [-0.3, -0.25) is 0 Å². The Morgan fingerprint density at radius 2 is 1.42 bits per heavy atom. The van der Waals surface area contributed by atoms with E-state index in [9.17, 15) is 26.3 Å². The van der Waals surface area contributed by atoms with Gasteiger partial charge >= 0.3 is 12.4 Å². The molecular formula is C20H16F6. The van der Waals surface area contributed by atoms with E-state index in [0.717, 1.165) is 35.3 Å². The Morgan fingerprint density at radius 3 is 1.92 bits per heavy atom. The molecule has 26 heavy (non-hydrogen) atoms. The van der Waals surface area contributed by atoms with E-state index in [-0.39, 0.29) is 11.6 Å². The molecule has 0 aliphatic heterocycles. The Hall–Kier alpha value is -2.24. The Labute approximate surface area is 147 Å². The number of fused-ring (bicyclic) bond motifs is 1. The largest absolute Gasteiger partial charge is 0.416 e. The van der Waals surface area contributed by atoms with Gasteiger partial charge in [0.2, 0.25) is 0 Å². The minimum atomic E-state index is -4.85. The highest BCUT2D eigenvalue weighted by Crippen LogP contribution is 2.41. The molecule has 0 bridgehead atoms. The fourth-order valence-corrected chi connectivity index (χ4v) is 3.27. The Morgan fingerprint density at radius 1 is 0.846 bits per heavy atom. The molecule has 0 fully saturated rings. The highest BCUT2D eigenvalue weighted by molar-refractivity contribution is 5.82. The zero-order valence-corrected chi connectivity index (χ0v) is 14.1. The molecular weight excluding hydrogens is 354 g/mol. The zero-order valence-electron chi connectivity index (χ0n) is 14.1. The SMILES string of the molecule is CCC1=Cc2c(cc(C)cc2-c2cc(C(F)(F)F)cc(C(F)(F)F)c2)C1. The van der Waals surface area contributed by atoms with Crippen LogP contribution in [0, 0.1) is 6.92 Å². The average molecular weight is 370 g/mol. The van der Waals surface area contributed by atoms with Crippen molar-refractivity contribution in [3.63, 3.8) is 0 Å². The highest BCUT2D eigenvalue weighted by Gasteiger charge is 2.37. The van der Waals surface area contributed by atoms with Crippen molar-refractivity contribution < 1.29 is 26.3 Å². The first kappa shape index (κ1) is 18.5. The van der Waals surface area contributed by atoms with Crippen molar-refractivity contribution in [3.05, 3.63) is 63.7 Å². The predicted molar refractivity (Wildman–Crippen MR) is 88.6 cm³/mol. The summed E-state index contributed by atoms with van der Waals surface area (Å²) in [6, 6.07) is 5.32. The van der Waals surface area contributed by atoms with E-state index in [0.29, 0.717) is 17.5 Å². The van der Waals surface area contributed by atoms with Crippen LogP contribution in [0.15, 0.2) is 35.9 Å². The molecule has 6 heteroatoms. The average Bonchev–Trinajstić information content (AvgIpc) is 2.94. The van der Waals surface area contributed by atoms with E-state index in [1.165, 1.54) is 0 Å². The molecule has 0 heterocycles. The molecule has 1 aliphatic rings. The van der Waals surface area contributed by atoms with Gasteiger partial charge in [0.05, 0.1) is 11.1 Å². The van der Waals surface area contributed by atoms with E-state index in [1.807, 2.05) is 19.1 Å². The molecule has 2 aromatic carbocycles. The third kappa shape index (κ3) is 3.50. The fraction of sp³-hybridized carbons (Fsp3) is 0.300. The summed E-state index contributed by atoms with van der Waals surface area (Å²) < 4.78 is 78.9. The molecule has 0 unspecified atom stereocenters. The van der Waals surface area contributed by atoms with Gasteiger partial charge in [0.25, 0.3) is 0 Å². The lowest BCUT2D eigenvalue weighted by molar-refractivity contribution is -0.143. The number of rotatable bonds is 2.